The van der Waals surface area contributed by atoms with Crippen LogP contribution >= 0.6 is 23.4 Å². The van der Waals surface area contributed by atoms with E-state index >= 15 is 0 Å². The number of carbonyl (C=O) groups is 1. The van der Waals surface area contributed by atoms with Crippen LogP contribution in [0.3, 0.4) is 0 Å². The second-order valence-electron chi connectivity index (χ2n) is 4.00. The van der Waals surface area contributed by atoms with Crippen molar-refractivity contribution in [2.45, 2.75) is 11.8 Å². The summed E-state index contributed by atoms with van der Waals surface area (Å²) in [7, 11) is 0. The highest BCUT2D eigenvalue weighted by atomic mass is 35.5. The first kappa shape index (κ1) is 13.9. The zero-order chi connectivity index (χ0) is 13.7. The van der Waals surface area contributed by atoms with Crippen LogP contribution in [0.2, 0.25) is 5.15 Å². The van der Waals surface area contributed by atoms with Gasteiger partial charge in [0.15, 0.2) is 5.15 Å². The van der Waals surface area contributed by atoms with E-state index < -0.39 is 0 Å². The quantitative estimate of drug-likeness (QED) is 0.689. The van der Waals surface area contributed by atoms with Crippen LogP contribution in [0.5, 0.6) is 0 Å². The summed E-state index contributed by atoms with van der Waals surface area (Å²) in [6.45, 7) is 1.90. The molecule has 2 rings (SSSR count). The first-order chi connectivity index (χ1) is 9.15. The van der Waals surface area contributed by atoms with Crippen LogP contribution in [-0.4, -0.2) is 16.6 Å². The van der Waals surface area contributed by atoms with E-state index in [0.29, 0.717) is 16.6 Å². The highest BCUT2D eigenvalue weighted by Crippen LogP contribution is 2.21. The summed E-state index contributed by atoms with van der Waals surface area (Å²) in [4.78, 5) is 16.9. The van der Waals surface area contributed by atoms with Gasteiger partial charge in [-0.3, -0.25) is 4.79 Å². The summed E-state index contributed by atoms with van der Waals surface area (Å²) in [5.41, 5.74) is 1.51. The molecule has 1 aromatic heterocycles. The molecular formula is C14H13ClN2OS. The van der Waals surface area contributed by atoms with Crippen molar-refractivity contribution < 1.29 is 4.79 Å². The number of pyridine rings is 1. The van der Waals surface area contributed by atoms with E-state index in [1.165, 1.54) is 11.8 Å². The predicted molar refractivity (Wildman–Crippen MR) is 79.8 cm³/mol. The Balaban J connectivity index is 1.93. The van der Waals surface area contributed by atoms with Crippen molar-refractivity contribution in [1.82, 2.24) is 4.98 Å². The number of benzene rings is 1. The number of thioether (sulfide) groups is 1. The fourth-order valence-corrected chi connectivity index (χ4v) is 2.36. The molecule has 0 saturated heterocycles. The van der Waals surface area contributed by atoms with Crippen molar-refractivity contribution in [2.24, 2.45) is 0 Å². The summed E-state index contributed by atoms with van der Waals surface area (Å²) in [6.07, 6.45) is 1.66. The normalized spacial score (nSPS) is 10.2. The molecule has 0 atom stereocenters. The number of rotatable bonds is 4. The van der Waals surface area contributed by atoms with E-state index in [9.17, 15) is 4.79 Å². The fraction of sp³-hybridized carbons (Fsp3) is 0.143. The topological polar surface area (TPSA) is 42.0 Å². The van der Waals surface area contributed by atoms with Crippen LogP contribution in [0.15, 0.2) is 47.5 Å². The Morgan fingerprint density at radius 3 is 2.84 bits per heavy atom. The Bertz CT molecular complexity index is 575. The molecule has 1 heterocycles. The van der Waals surface area contributed by atoms with Gasteiger partial charge in [0.25, 0.3) is 0 Å². The third-order valence-corrected chi connectivity index (χ3v) is 3.68. The molecule has 3 nitrogen and oxygen atoms in total. The number of aryl methyl sites for hydroxylation is 1. The van der Waals surface area contributed by atoms with Crippen molar-refractivity contribution in [3.63, 3.8) is 0 Å². The van der Waals surface area contributed by atoms with Gasteiger partial charge in [0.1, 0.15) is 0 Å². The van der Waals surface area contributed by atoms with Crippen LogP contribution in [0.1, 0.15) is 5.56 Å². The number of anilines is 1. The molecule has 0 unspecified atom stereocenters. The maximum absolute atomic E-state index is 11.8. The maximum atomic E-state index is 11.8. The van der Waals surface area contributed by atoms with E-state index in [1.807, 2.05) is 37.3 Å². The number of nitrogens with zero attached hydrogens (tertiary/aromatic N) is 1. The van der Waals surface area contributed by atoms with Crippen molar-refractivity contribution in [1.29, 1.82) is 0 Å². The summed E-state index contributed by atoms with van der Waals surface area (Å²) >= 11 is 7.41. The number of hydrogen-bond donors (Lipinski definition) is 1. The maximum Gasteiger partial charge on any atom is 0.234 e. The average molecular weight is 293 g/mol. The zero-order valence-corrected chi connectivity index (χ0v) is 12.0. The van der Waals surface area contributed by atoms with E-state index in [2.05, 4.69) is 10.3 Å². The molecule has 19 heavy (non-hydrogen) atoms. The van der Waals surface area contributed by atoms with Gasteiger partial charge in [-0.25, -0.2) is 4.98 Å². The monoisotopic (exact) mass is 292 g/mol. The van der Waals surface area contributed by atoms with Crippen LogP contribution in [0.4, 0.5) is 5.69 Å². The molecule has 0 spiro atoms. The second-order valence-corrected chi connectivity index (χ2v) is 5.41. The Kier molecular flexibility index (Phi) is 4.82. The number of nitrogens with one attached hydrogen (secondary N) is 1. The van der Waals surface area contributed by atoms with Gasteiger partial charge in [0.05, 0.1) is 11.4 Å². The molecular weight excluding hydrogens is 280 g/mol. The molecule has 1 N–H and O–H groups in total. The molecule has 0 saturated carbocycles. The van der Waals surface area contributed by atoms with E-state index in [1.54, 1.807) is 12.3 Å². The minimum absolute atomic E-state index is 0.0943. The van der Waals surface area contributed by atoms with E-state index in [0.717, 1.165) is 10.5 Å². The lowest BCUT2D eigenvalue weighted by Gasteiger charge is -2.07. The zero-order valence-electron chi connectivity index (χ0n) is 10.4. The highest BCUT2D eigenvalue weighted by molar-refractivity contribution is 8.00. The number of halogens is 1. The largest absolute Gasteiger partial charge is 0.323 e. The van der Waals surface area contributed by atoms with Gasteiger partial charge in [-0.05, 0) is 30.7 Å². The van der Waals surface area contributed by atoms with Crippen LogP contribution in [0, 0.1) is 6.92 Å². The van der Waals surface area contributed by atoms with Crippen molar-refractivity contribution in [3.8, 4) is 0 Å². The molecule has 0 radical (unpaired) electrons. The van der Waals surface area contributed by atoms with Crippen LogP contribution in [-0.2, 0) is 4.79 Å². The van der Waals surface area contributed by atoms with Crippen molar-refractivity contribution in [2.75, 3.05) is 11.1 Å². The smallest absolute Gasteiger partial charge is 0.234 e. The lowest BCUT2D eigenvalue weighted by atomic mass is 10.3. The average Bonchev–Trinajstić information content (AvgIpc) is 2.42. The number of amides is 1. The standard InChI is InChI=1S/C14H13ClN2OS/c1-10-7-12(14(15)16-8-10)17-13(18)9-19-11-5-3-2-4-6-11/h2-8H,9H2,1H3,(H,17,18). The Morgan fingerprint density at radius 1 is 1.37 bits per heavy atom. The summed E-state index contributed by atoms with van der Waals surface area (Å²) in [5, 5.41) is 3.08. The predicted octanol–water partition coefficient (Wildman–Crippen LogP) is 3.77. The first-order valence-electron chi connectivity index (χ1n) is 5.75. The fourth-order valence-electron chi connectivity index (χ4n) is 1.49. The number of hydrogen-bond acceptors (Lipinski definition) is 3. The van der Waals surface area contributed by atoms with E-state index in [-0.39, 0.29) is 5.91 Å². The van der Waals surface area contributed by atoms with Crippen LogP contribution in [0.25, 0.3) is 0 Å². The molecule has 0 aliphatic heterocycles. The lowest BCUT2D eigenvalue weighted by Crippen LogP contribution is -2.14. The summed E-state index contributed by atoms with van der Waals surface area (Å²) in [5.74, 6) is 0.247. The first-order valence-corrected chi connectivity index (χ1v) is 7.11. The third kappa shape index (κ3) is 4.26. The Morgan fingerprint density at radius 2 is 2.11 bits per heavy atom. The molecule has 0 bridgehead atoms. The highest BCUT2D eigenvalue weighted by Gasteiger charge is 2.07. The van der Waals surface area contributed by atoms with Crippen LogP contribution < -0.4 is 5.32 Å². The summed E-state index contributed by atoms with van der Waals surface area (Å²) in [6, 6.07) is 11.6. The third-order valence-electron chi connectivity index (χ3n) is 2.36. The molecule has 5 heteroatoms. The number of aromatic nitrogens is 1. The molecule has 1 aromatic carbocycles. The van der Waals surface area contributed by atoms with Gasteiger partial charge in [-0.1, -0.05) is 29.8 Å². The molecule has 98 valence electrons. The van der Waals surface area contributed by atoms with Gasteiger partial charge in [-0.2, -0.15) is 0 Å². The van der Waals surface area contributed by atoms with Crippen molar-refractivity contribution >= 4 is 35.0 Å². The summed E-state index contributed by atoms with van der Waals surface area (Å²) < 4.78 is 0. The molecule has 0 aliphatic rings. The SMILES string of the molecule is Cc1cnc(Cl)c(NC(=O)CSc2ccccc2)c1. The molecule has 0 aliphatic carbocycles. The number of carbonyl (C=O) groups excluding carboxylic acids is 1. The minimum Gasteiger partial charge on any atom is -0.323 e. The van der Waals surface area contributed by atoms with Gasteiger partial charge >= 0.3 is 0 Å². The molecule has 2 aromatic rings. The van der Waals surface area contributed by atoms with Gasteiger partial charge < -0.3 is 5.32 Å². The van der Waals surface area contributed by atoms with Gasteiger partial charge in [0, 0.05) is 11.1 Å². The van der Waals surface area contributed by atoms with Crippen molar-refractivity contribution in [3.05, 3.63) is 53.3 Å². The van der Waals surface area contributed by atoms with Gasteiger partial charge in [-0.15, -0.1) is 11.8 Å². The Labute approximate surface area is 121 Å². The molecule has 1 amide bonds. The minimum atomic E-state index is -0.0943. The Hall–Kier alpha value is -1.52. The lowest BCUT2D eigenvalue weighted by molar-refractivity contribution is -0.113. The van der Waals surface area contributed by atoms with E-state index in [4.69, 9.17) is 11.6 Å². The van der Waals surface area contributed by atoms with Gasteiger partial charge in [0.2, 0.25) is 5.91 Å². The second kappa shape index (κ2) is 6.59. The molecule has 0 fully saturated rings.